The molecule has 0 bridgehead atoms. The number of ether oxygens (including phenoxy) is 1. The maximum absolute atomic E-state index is 12.6. The fourth-order valence-corrected chi connectivity index (χ4v) is 4.05. The molecule has 30 heavy (non-hydrogen) atoms. The van der Waals surface area contributed by atoms with Crippen LogP contribution in [0.1, 0.15) is 44.7 Å². The molecule has 1 amide bonds. The van der Waals surface area contributed by atoms with E-state index in [9.17, 15) is 9.90 Å². The normalized spacial score (nSPS) is 19.7. The van der Waals surface area contributed by atoms with Gasteiger partial charge in [0.1, 0.15) is 5.60 Å². The number of hydrogen-bond acceptors (Lipinski definition) is 4. The number of likely N-dealkylation sites (tertiary alicyclic amines) is 1. The van der Waals surface area contributed by atoms with Gasteiger partial charge in [-0.3, -0.25) is 4.90 Å². The van der Waals surface area contributed by atoms with E-state index in [-0.39, 0.29) is 24.8 Å². The van der Waals surface area contributed by atoms with E-state index < -0.39 is 5.60 Å². The lowest BCUT2D eigenvalue weighted by atomic mass is 9.95. The second kappa shape index (κ2) is 10.1. The van der Waals surface area contributed by atoms with E-state index in [1.54, 1.807) is 4.90 Å². The molecule has 2 atom stereocenters. The molecule has 0 aromatic heterocycles. The molecule has 1 N–H and O–H groups in total. The molecule has 0 unspecified atom stereocenters. The summed E-state index contributed by atoms with van der Waals surface area (Å²) in [7, 11) is 0. The zero-order chi connectivity index (χ0) is 21.6. The summed E-state index contributed by atoms with van der Waals surface area (Å²) >= 11 is 0. The number of hydrogen-bond donors (Lipinski definition) is 1. The van der Waals surface area contributed by atoms with Gasteiger partial charge in [0.2, 0.25) is 0 Å². The van der Waals surface area contributed by atoms with Crippen molar-refractivity contribution in [2.45, 2.75) is 64.4 Å². The lowest BCUT2D eigenvalue weighted by Crippen LogP contribution is -2.54. The van der Waals surface area contributed by atoms with E-state index in [0.29, 0.717) is 6.54 Å². The molecule has 0 aliphatic carbocycles. The van der Waals surface area contributed by atoms with Crippen LogP contribution in [0.5, 0.6) is 0 Å². The number of benzene rings is 2. The van der Waals surface area contributed by atoms with Crippen molar-refractivity contribution in [2.75, 3.05) is 13.2 Å². The highest BCUT2D eigenvalue weighted by atomic mass is 16.6. The van der Waals surface area contributed by atoms with Crippen LogP contribution in [-0.2, 0) is 17.8 Å². The van der Waals surface area contributed by atoms with Gasteiger partial charge in [0, 0.05) is 25.7 Å². The lowest BCUT2D eigenvalue weighted by Gasteiger charge is -2.43. The van der Waals surface area contributed by atoms with Crippen LogP contribution in [0.15, 0.2) is 60.7 Å². The summed E-state index contributed by atoms with van der Waals surface area (Å²) in [6, 6.07) is 21.0. The standard InChI is InChI=1S/C25H34N2O3/c1-25(2,3)30-24(29)27-15-14-22(16-23(27)19-28)26(17-20-10-6-4-7-11-20)18-21-12-8-5-9-13-21/h4-13,22-23,28H,14-19H2,1-3H3/t22-,23+/m0/s1. The molecule has 1 heterocycles. The van der Waals surface area contributed by atoms with Gasteiger partial charge >= 0.3 is 6.09 Å². The molecule has 1 fully saturated rings. The number of aliphatic hydroxyl groups is 1. The highest BCUT2D eigenvalue weighted by Gasteiger charge is 2.36. The summed E-state index contributed by atoms with van der Waals surface area (Å²) < 4.78 is 5.56. The quantitative estimate of drug-likeness (QED) is 0.764. The Balaban J connectivity index is 1.74. The molecule has 1 aliphatic rings. The minimum absolute atomic E-state index is 0.0553. The smallest absolute Gasteiger partial charge is 0.410 e. The largest absolute Gasteiger partial charge is 0.444 e. The third-order valence-electron chi connectivity index (χ3n) is 5.50. The predicted octanol–water partition coefficient (Wildman–Crippen LogP) is 4.45. The molecule has 5 nitrogen and oxygen atoms in total. The molecule has 2 aromatic rings. The van der Waals surface area contributed by atoms with Gasteiger partial charge in [-0.1, -0.05) is 60.7 Å². The number of piperidine rings is 1. The summed E-state index contributed by atoms with van der Waals surface area (Å²) in [6.45, 7) is 7.81. The highest BCUT2D eigenvalue weighted by molar-refractivity contribution is 5.68. The van der Waals surface area contributed by atoms with Gasteiger partial charge < -0.3 is 14.7 Å². The Hall–Kier alpha value is -2.37. The van der Waals surface area contributed by atoms with Gasteiger partial charge in [0.05, 0.1) is 12.6 Å². The van der Waals surface area contributed by atoms with E-state index in [1.807, 2.05) is 32.9 Å². The van der Waals surface area contributed by atoms with Crippen molar-refractivity contribution in [3.05, 3.63) is 71.8 Å². The minimum atomic E-state index is -0.541. The van der Waals surface area contributed by atoms with Crippen molar-refractivity contribution >= 4 is 6.09 Å². The van der Waals surface area contributed by atoms with Crippen LogP contribution in [0.2, 0.25) is 0 Å². The van der Waals surface area contributed by atoms with Crippen molar-refractivity contribution in [3.63, 3.8) is 0 Å². The third kappa shape index (κ3) is 6.31. The molecule has 0 spiro atoms. The number of carbonyl (C=O) groups excluding carboxylic acids is 1. The Labute approximate surface area is 180 Å². The first-order valence-electron chi connectivity index (χ1n) is 10.8. The third-order valence-corrected chi connectivity index (χ3v) is 5.50. The maximum atomic E-state index is 12.6. The maximum Gasteiger partial charge on any atom is 0.410 e. The second-order valence-electron chi connectivity index (χ2n) is 9.06. The molecule has 1 aliphatic heterocycles. The van der Waals surface area contributed by atoms with Gasteiger partial charge in [-0.25, -0.2) is 4.79 Å². The summed E-state index contributed by atoms with van der Waals surface area (Å²) in [6.07, 6.45) is 1.25. The van der Waals surface area contributed by atoms with E-state index in [2.05, 4.69) is 53.4 Å². The van der Waals surface area contributed by atoms with E-state index in [4.69, 9.17) is 4.74 Å². The SMILES string of the molecule is CC(C)(C)OC(=O)N1CC[C@H](N(Cc2ccccc2)Cc2ccccc2)C[C@@H]1CO. The van der Waals surface area contributed by atoms with Gasteiger partial charge in [0.15, 0.2) is 0 Å². The van der Waals surface area contributed by atoms with E-state index in [1.165, 1.54) is 11.1 Å². The number of carbonyl (C=O) groups is 1. The second-order valence-corrected chi connectivity index (χ2v) is 9.06. The van der Waals surface area contributed by atoms with Gasteiger partial charge in [-0.15, -0.1) is 0 Å². The zero-order valence-electron chi connectivity index (χ0n) is 18.3. The van der Waals surface area contributed by atoms with Crippen LogP contribution < -0.4 is 0 Å². The monoisotopic (exact) mass is 410 g/mol. The fourth-order valence-electron chi connectivity index (χ4n) is 4.05. The predicted molar refractivity (Wildman–Crippen MR) is 119 cm³/mol. The molecule has 2 aromatic carbocycles. The first-order valence-corrected chi connectivity index (χ1v) is 10.8. The number of nitrogens with zero attached hydrogens (tertiary/aromatic N) is 2. The first kappa shape index (κ1) is 22.3. The van der Waals surface area contributed by atoms with E-state index in [0.717, 1.165) is 25.9 Å². The summed E-state index contributed by atoms with van der Waals surface area (Å²) in [5.41, 5.74) is 1.99. The van der Waals surface area contributed by atoms with Gasteiger partial charge in [-0.2, -0.15) is 0 Å². The van der Waals surface area contributed by atoms with Crippen LogP contribution in [0.25, 0.3) is 0 Å². The van der Waals surface area contributed by atoms with Crippen molar-refractivity contribution in [1.29, 1.82) is 0 Å². The number of amides is 1. The Bertz CT molecular complexity index is 748. The molecule has 162 valence electrons. The van der Waals surface area contributed by atoms with Crippen LogP contribution in [-0.4, -0.2) is 51.8 Å². The van der Waals surface area contributed by atoms with Crippen LogP contribution in [0, 0.1) is 0 Å². The van der Waals surface area contributed by atoms with E-state index >= 15 is 0 Å². The van der Waals surface area contributed by atoms with Crippen molar-refractivity contribution < 1.29 is 14.6 Å². The lowest BCUT2D eigenvalue weighted by molar-refractivity contribution is -0.0132. The molecular weight excluding hydrogens is 376 g/mol. The van der Waals surface area contributed by atoms with Crippen molar-refractivity contribution in [2.24, 2.45) is 0 Å². The molecule has 3 rings (SSSR count). The molecule has 1 saturated heterocycles. The molecule has 5 heteroatoms. The Kier molecular flexibility index (Phi) is 7.51. The number of rotatable bonds is 6. The summed E-state index contributed by atoms with van der Waals surface area (Å²) in [5.74, 6) is 0. The van der Waals surface area contributed by atoms with Gasteiger partial charge in [0.25, 0.3) is 0 Å². The topological polar surface area (TPSA) is 53.0 Å². The van der Waals surface area contributed by atoms with Crippen LogP contribution in [0.4, 0.5) is 4.79 Å². The Morgan fingerprint density at radius 1 is 1.03 bits per heavy atom. The van der Waals surface area contributed by atoms with Crippen LogP contribution in [0.3, 0.4) is 0 Å². The summed E-state index contributed by atoms with van der Waals surface area (Å²) in [5, 5.41) is 10.0. The summed E-state index contributed by atoms with van der Waals surface area (Å²) in [4.78, 5) is 16.8. The average Bonchev–Trinajstić information content (AvgIpc) is 2.73. The molecule has 0 saturated carbocycles. The minimum Gasteiger partial charge on any atom is -0.444 e. The fraction of sp³-hybridized carbons (Fsp3) is 0.480. The molecule has 0 radical (unpaired) electrons. The van der Waals surface area contributed by atoms with Crippen LogP contribution >= 0.6 is 0 Å². The Morgan fingerprint density at radius 2 is 1.57 bits per heavy atom. The Morgan fingerprint density at radius 3 is 2.03 bits per heavy atom. The number of aliphatic hydroxyl groups excluding tert-OH is 1. The molecular formula is C25H34N2O3. The van der Waals surface area contributed by atoms with Gasteiger partial charge in [-0.05, 0) is 44.7 Å². The zero-order valence-corrected chi connectivity index (χ0v) is 18.3. The van der Waals surface area contributed by atoms with Crippen molar-refractivity contribution in [1.82, 2.24) is 9.80 Å². The van der Waals surface area contributed by atoms with Crippen molar-refractivity contribution in [3.8, 4) is 0 Å². The first-order chi connectivity index (χ1) is 14.4. The highest BCUT2D eigenvalue weighted by Crippen LogP contribution is 2.26. The average molecular weight is 411 g/mol.